The van der Waals surface area contributed by atoms with Crippen LogP contribution in [0.2, 0.25) is 0 Å². The lowest BCUT2D eigenvalue weighted by Gasteiger charge is -2.22. The van der Waals surface area contributed by atoms with Crippen LogP contribution in [0, 0.1) is 41.5 Å². The minimum absolute atomic E-state index is 1.28. The van der Waals surface area contributed by atoms with Crippen LogP contribution in [0.5, 0.6) is 0 Å². The predicted molar refractivity (Wildman–Crippen MR) is 205 cm³/mol. The zero-order valence-corrected chi connectivity index (χ0v) is 28.8. The molecule has 0 saturated carbocycles. The number of hydrogen-bond acceptors (Lipinski definition) is 2. The Hall–Kier alpha value is -4.50. The Labute approximate surface area is 279 Å². The third kappa shape index (κ3) is 4.71. The Kier molecular flexibility index (Phi) is 6.97. The highest BCUT2D eigenvalue weighted by molar-refractivity contribution is 7.15. The number of hydrogen-bond donors (Lipinski definition) is 0. The van der Waals surface area contributed by atoms with Crippen molar-refractivity contribution in [2.45, 2.75) is 41.5 Å². The molecule has 0 aliphatic rings. The third-order valence-corrected chi connectivity index (χ3v) is 11.7. The molecule has 0 atom stereocenters. The molecule has 0 unspecified atom stereocenters. The molecule has 224 valence electrons. The normalized spacial score (nSPS) is 11.7. The largest absolute Gasteiger partial charge is 0.141 e. The van der Waals surface area contributed by atoms with Crippen molar-refractivity contribution >= 4 is 55.0 Å². The molecule has 0 bridgehead atoms. The van der Waals surface area contributed by atoms with Gasteiger partial charge in [-0.3, -0.25) is 0 Å². The van der Waals surface area contributed by atoms with Gasteiger partial charge in [-0.05, 0) is 178 Å². The van der Waals surface area contributed by atoms with E-state index in [1.165, 1.54) is 107 Å². The molecule has 0 fully saturated rings. The van der Waals surface area contributed by atoms with Crippen molar-refractivity contribution in [2.24, 2.45) is 0 Å². The van der Waals surface area contributed by atoms with E-state index < -0.39 is 0 Å². The first-order chi connectivity index (χ1) is 22.3. The number of benzene rings is 6. The first-order valence-electron chi connectivity index (χ1n) is 16.0. The summed E-state index contributed by atoms with van der Waals surface area (Å²) in [5, 5.41) is 7.80. The highest BCUT2D eigenvalue weighted by Crippen LogP contribution is 2.48. The molecule has 2 heterocycles. The van der Waals surface area contributed by atoms with Gasteiger partial charge in [0.15, 0.2) is 0 Å². The molecule has 8 rings (SSSR count). The molecule has 0 amide bonds. The molecule has 0 N–H and O–H groups in total. The summed E-state index contributed by atoms with van der Waals surface area (Å²) in [6.07, 6.45) is 0. The van der Waals surface area contributed by atoms with Crippen LogP contribution in [-0.4, -0.2) is 0 Å². The van der Waals surface area contributed by atoms with E-state index >= 15 is 0 Å². The number of rotatable bonds is 4. The van der Waals surface area contributed by atoms with E-state index in [0.717, 1.165) is 0 Å². The van der Waals surface area contributed by atoms with Gasteiger partial charge in [-0.1, -0.05) is 60.7 Å². The fourth-order valence-corrected chi connectivity index (χ4v) is 9.14. The summed E-state index contributed by atoms with van der Waals surface area (Å²) < 4.78 is 0. The van der Waals surface area contributed by atoms with E-state index in [1.54, 1.807) is 0 Å². The average molecular weight is 629 g/mol. The van der Waals surface area contributed by atoms with Gasteiger partial charge in [0.2, 0.25) is 0 Å². The van der Waals surface area contributed by atoms with Gasteiger partial charge >= 0.3 is 0 Å². The second kappa shape index (κ2) is 11.1. The summed E-state index contributed by atoms with van der Waals surface area (Å²) >= 11 is 3.74. The number of fused-ring (bicyclic) bond motifs is 3. The summed E-state index contributed by atoms with van der Waals surface area (Å²) in [6.45, 7) is 13.4. The Morgan fingerprint density at radius 2 is 0.739 bits per heavy atom. The van der Waals surface area contributed by atoms with Crippen LogP contribution in [0.1, 0.15) is 32.0 Å². The molecule has 46 heavy (non-hydrogen) atoms. The highest BCUT2D eigenvalue weighted by Gasteiger charge is 2.21. The van der Waals surface area contributed by atoms with Crippen molar-refractivity contribution in [3.8, 4) is 43.1 Å². The molecule has 0 nitrogen and oxygen atoms in total. The molecule has 2 aromatic heterocycles. The summed E-state index contributed by atoms with van der Waals surface area (Å²) in [6, 6.07) is 41.5. The van der Waals surface area contributed by atoms with Crippen LogP contribution in [-0.2, 0) is 0 Å². The lowest BCUT2D eigenvalue weighted by molar-refractivity contribution is 1.39. The Morgan fingerprint density at radius 1 is 0.348 bits per heavy atom. The second-order valence-corrected chi connectivity index (χ2v) is 15.4. The Morgan fingerprint density at radius 3 is 1.09 bits per heavy atom. The molecule has 0 saturated heterocycles. The molecule has 2 heteroatoms. The molecule has 0 radical (unpaired) electrons. The van der Waals surface area contributed by atoms with Gasteiger partial charge in [-0.15, -0.1) is 22.7 Å². The quantitative estimate of drug-likeness (QED) is 0.170. The zero-order valence-electron chi connectivity index (χ0n) is 27.2. The maximum absolute atomic E-state index is 2.47. The zero-order chi connectivity index (χ0) is 31.7. The minimum Gasteiger partial charge on any atom is -0.141 e. The van der Waals surface area contributed by atoms with Gasteiger partial charge in [-0.2, -0.15) is 0 Å². The van der Waals surface area contributed by atoms with Gasteiger partial charge in [0.25, 0.3) is 0 Å². The lowest BCUT2D eigenvalue weighted by Crippen LogP contribution is -1.96. The van der Waals surface area contributed by atoms with Gasteiger partial charge in [0, 0.05) is 19.5 Å². The van der Waals surface area contributed by atoms with Crippen LogP contribution >= 0.6 is 22.7 Å². The SMILES string of the molecule is Cc1ccc(-c2ccc3cc4c(-c5c(C)cccc5C)c5cc(-c6ccc(C)s6)ccc5cc4c(-c4c(C)cccc4C)c3c2)s1. The maximum atomic E-state index is 2.47. The van der Waals surface area contributed by atoms with E-state index in [1.807, 2.05) is 22.7 Å². The molecule has 0 aliphatic carbocycles. The smallest absolute Gasteiger partial charge is 0.0345 e. The minimum atomic E-state index is 1.28. The fraction of sp³-hybridized carbons (Fsp3) is 0.136. The molecule has 0 spiro atoms. The van der Waals surface area contributed by atoms with Gasteiger partial charge in [-0.25, -0.2) is 0 Å². The number of aryl methyl sites for hydroxylation is 6. The van der Waals surface area contributed by atoms with E-state index in [-0.39, 0.29) is 0 Å². The average Bonchev–Trinajstić information content (AvgIpc) is 3.68. The van der Waals surface area contributed by atoms with Gasteiger partial charge in [0.1, 0.15) is 0 Å². The lowest BCUT2D eigenvalue weighted by atomic mass is 9.81. The Bertz CT molecular complexity index is 2270. The summed E-state index contributed by atoms with van der Waals surface area (Å²) in [7, 11) is 0. The summed E-state index contributed by atoms with van der Waals surface area (Å²) in [5.74, 6) is 0. The topological polar surface area (TPSA) is 0 Å². The molecular weight excluding hydrogens is 593 g/mol. The third-order valence-electron chi connectivity index (χ3n) is 9.59. The van der Waals surface area contributed by atoms with Crippen molar-refractivity contribution in [3.05, 3.63) is 141 Å². The first kappa shape index (κ1) is 28.9. The van der Waals surface area contributed by atoms with Crippen molar-refractivity contribution in [3.63, 3.8) is 0 Å². The Balaban J connectivity index is 1.58. The van der Waals surface area contributed by atoms with Crippen molar-refractivity contribution in [1.82, 2.24) is 0 Å². The van der Waals surface area contributed by atoms with Gasteiger partial charge < -0.3 is 0 Å². The number of thiophene rings is 2. The van der Waals surface area contributed by atoms with Crippen LogP contribution in [0.3, 0.4) is 0 Å². The standard InChI is InChI=1S/C44H36S2/c1-25-9-7-10-26(2)41(25)43-35-23-33(39-19-13-29(5)45-39)17-15-31(35)22-38-37(43)21-32-16-18-34(40-20-14-30(6)46-40)24-36(32)44(38)42-27(3)11-8-12-28(42)4/h7-24H,1-6H3. The monoisotopic (exact) mass is 628 g/mol. The van der Waals surface area contributed by atoms with Gasteiger partial charge in [0.05, 0.1) is 0 Å². The van der Waals surface area contributed by atoms with E-state index in [0.29, 0.717) is 0 Å². The second-order valence-electron chi connectivity index (χ2n) is 12.8. The highest BCUT2D eigenvalue weighted by atomic mass is 32.1. The van der Waals surface area contributed by atoms with Crippen LogP contribution in [0.4, 0.5) is 0 Å². The van der Waals surface area contributed by atoms with Crippen molar-refractivity contribution < 1.29 is 0 Å². The molecule has 8 aromatic rings. The van der Waals surface area contributed by atoms with Crippen molar-refractivity contribution in [1.29, 1.82) is 0 Å². The summed E-state index contributed by atoms with van der Waals surface area (Å²) in [4.78, 5) is 5.31. The van der Waals surface area contributed by atoms with E-state index in [4.69, 9.17) is 0 Å². The van der Waals surface area contributed by atoms with Crippen molar-refractivity contribution in [2.75, 3.05) is 0 Å². The summed E-state index contributed by atoms with van der Waals surface area (Å²) in [5.41, 5.74) is 13.2. The fourth-order valence-electron chi connectivity index (χ4n) is 7.41. The molecule has 0 aliphatic heterocycles. The van der Waals surface area contributed by atoms with Crippen LogP contribution < -0.4 is 0 Å². The molecular formula is C44H36S2. The van der Waals surface area contributed by atoms with E-state index in [9.17, 15) is 0 Å². The predicted octanol–water partition coefficient (Wildman–Crippen LogP) is 13.8. The maximum Gasteiger partial charge on any atom is 0.0345 e. The van der Waals surface area contributed by atoms with E-state index in [2.05, 4.69) is 151 Å². The first-order valence-corrected chi connectivity index (χ1v) is 17.6. The molecule has 6 aromatic carbocycles. The van der Waals surface area contributed by atoms with Crippen LogP contribution in [0.25, 0.3) is 75.5 Å². The van der Waals surface area contributed by atoms with Crippen LogP contribution in [0.15, 0.2) is 109 Å².